The average molecular weight is 291 g/mol. The largest absolute Gasteiger partial charge is 0.389 e. The highest BCUT2D eigenvalue weighted by molar-refractivity contribution is 7.80. The van der Waals surface area contributed by atoms with Crippen LogP contribution in [-0.2, 0) is 0 Å². The van der Waals surface area contributed by atoms with Gasteiger partial charge >= 0.3 is 0 Å². The molecule has 19 heavy (non-hydrogen) atoms. The monoisotopic (exact) mass is 290 g/mol. The molecule has 4 N–H and O–H groups in total. The fraction of sp³-hybridized carbons (Fsp3) is 0. The molecule has 0 saturated heterocycles. The summed E-state index contributed by atoms with van der Waals surface area (Å²) in [5.41, 5.74) is 13.6. The van der Waals surface area contributed by atoms with Gasteiger partial charge in [-0.25, -0.2) is 0 Å². The van der Waals surface area contributed by atoms with Crippen LogP contribution in [0.15, 0.2) is 42.5 Å². The molecule has 3 nitrogen and oxygen atoms in total. The van der Waals surface area contributed by atoms with E-state index in [1.807, 2.05) is 12.1 Å². The molecule has 0 aliphatic carbocycles. The van der Waals surface area contributed by atoms with Crippen molar-refractivity contribution in [3.8, 4) is 11.1 Å². The third-order valence-electron chi connectivity index (χ3n) is 2.72. The molecule has 2 aromatic carbocycles. The predicted molar refractivity (Wildman–Crippen MR) is 81.3 cm³/mol. The summed E-state index contributed by atoms with van der Waals surface area (Å²) >= 11 is 10.8. The Morgan fingerprint density at radius 1 is 1.05 bits per heavy atom. The minimum atomic E-state index is -0.501. The quantitative estimate of drug-likeness (QED) is 0.854. The molecule has 5 heteroatoms. The third kappa shape index (κ3) is 2.92. The summed E-state index contributed by atoms with van der Waals surface area (Å²) in [6, 6.07) is 12.2. The molecule has 1 amide bonds. The maximum Gasteiger partial charge on any atom is 0.249 e. The molecule has 0 saturated carbocycles. The van der Waals surface area contributed by atoms with Crippen LogP contribution in [0.25, 0.3) is 11.1 Å². The second kappa shape index (κ2) is 5.38. The Balaban J connectivity index is 2.64. The van der Waals surface area contributed by atoms with Crippen molar-refractivity contribution < 1.29 is 4.79 Å². The maximum atomic E-state index is 11.5. The number of rotatable bonds is 3. The van der Waals surface area contributed by atoms with E-state index in [0.717, 1.165) is 5.56 Å². The lowest BCUT2D eigenvalue weighted by Gasteiger charge is -2.09. The smallest absolute Gasteiger partial charge is 0.249 e. The molecule has 0 aliphatic rings. The Hall–Kier alpha value is -1.91. The lowest BCUT2D eigenvalue weighted by molar-refractivity contribution is 0.100. The fourth-order valence-corrected chi connectivity index (χ4v) is 2.03. The zero-order valence-corrected chi connectivity index (χ0v) is 11.5. The molecule has 0 radical (unpaired) electrons. The second-order valence-electron chi connectivity index (χ2n) is 4.00. The number of hydrogen-bond acceptors (Lipinski definition) is 2. The normalized spacial score (nSPS) is 10.2. The number of benzene rings is 2. The standard InChI is InChI=1S/C14H11ClN2OS/c15-10-4-1-8(2-5-10)12-7-9(14(17)19)3-6-11(12)13(16)18/h1-7H,(H2,16,18)(H2,17,19). The molecule has 0 unspecified atom stereocenters. The first-order valence-corrected chi connectivity index (χ1v) is 6.27. The van der Waals surface area contributed by atoms with Crippen LogP contribution < -0.4 is 11.5 Å². The van der Waals surface area contributed by atoms with Gasteiger partial charge in [-0.2, -0.15) is 0 Å². The molecule has 0 spiro atoms. The van der Waals surface area contributed by atoms with Crippen LogP contribution in [0.2, 0.25) is 5.02 Å². The van der Waals surface area contributed by atoms with Crippen LogP contribution in [0.5, 0.6) is 0 Å². The van der Waals surface area contributed by atoms with Gasteiger partial charge in [-0.05, 0) is 35.4 Å². The Labute approximate surface area is 121 Å². The minimum absolute atomic E-state index is 0.270. The van der Waals surface area contributed by atoms with Gasteiger partial charge in [0.15, 0.2) is 0 Å². The van der Waals surface area contributed by atoms with Crippen molar-refractivity contribution in [1.82, 2.24) is 0 Å². The van der Waals surface area contributed by atoms with E-state index in [0.29, 0.717) is 21.7 Å². The lowest BCUT2D eigenvalue weighted by Crippen LogP contribution is -2.15. The van der Waals surface area contributed by atoms with Crippen molar-refractivity contribution >= 4 is 34.7 Å². The van der Waals surface area contributed by atoms with E-state index >= 15 is 0 Å². The van der Waals surface area contributed by atoms with Crippen molar-refractivity contribution in [2.75, 3.05) is 0 Å². The molecule has 2 aromatic rings. The van der Waals surface area contributed by atoms with Crippen molar-refractivity contribution in [2.45, 2.75) is 0 Å². The van der Waals surface area contributed by atoms with Crippen molar-refractivity contribution in [3.05, 3.63) is 58.6 Å². The number of thiocarbonyl (C=S) groups is 1. The van der Waals surface area contributed by atoms with E-state index in [1.165, 1.54) is 0 Å². The van der Waals surface area contributed by atoms with Crippen LogP contribution in [-0.4, -0.2) is 10.9 Å². The van der Waals surface area contributed by atoms with E-state index in [4.69, 9.17) is 35.3 Å². The van der Waals surface area contributed by atoms with Crippen molar-refractivity contribution in [3.63, 3.8) is 0 Å². The number of hydrogen-bond donors (Lipinski definition) is 2. The van der Waals surface area contributed by atoms with Crippen LogP contribution >= 0.6 is 23.8 Å². The van der Waals surface area contributed by atoms with Gasteiger partial charge < -0.3 is 11.5 Å². The summed E-state index contributed by atoms with van der Waals surface area (Å²) in [6.45, 7) is 0. The van der Waals surface area contributed by atoms with Gasteiger partial charge in [0.1, 0.15) is 4.99 Å². The van der Waals surface area contributed by atoms with E-state index in [2.05, 4.69) is 0 Å². The van der Waals surface area contributed by atoms with Gasteiger partial charge in [0, 0.05) is 16.1 Å². The molecule has 0 aromatic heterocycles. The molecule has 0 aliphatic heterocycles. The summed E-state index contributed by atoms with van der Waals surface area (Å²) < 4.78 is 0. The van der Waals surface area contributed by atoms with Crippen LogP contribution in [0.1, 0.15) is 15.9 Å². The summed E-state index contributed by atoms with van der Waals surface area (Å²) in [5.74, 6) is -0.501. The van der Waals surface area contributed by atoms with Gasteiger partial charge in [-0.15, -0.1) is 0 Å². The van der Waals surface area contributed by atoms with E-state index in [9.17, 15) is 4.79 Å². The Bertz CT molecular complexity index is 653. The number of amides is 1. The fourth-order valence-electron chi connectivity index (χ4n) is 1.78. The first-order valence-electron chi connectivity index (χ1n) is 5.48. The second-order valence-corrected chi connectivity index (χ2v) is 4.87. The summed E-state index contributed by atoms with van der Waals surface area (Å²) in [5, 5.41) is 0.620. The molecule has 0 heterocycles. The third-order valence-corrected chi connectivity index (χ3v) is 3.21. The molecular weight excluding hydrogens is 280 g/mol. The lowest BCUT2D eigenvalue weighted by atomic mass is 9.97. The Morgan fingerprint density at radius 2 is 1.68 bits per heavy atom. The number of halogens is 1. The summed E-state index contributed by atoms with van der Waals surface area (Å²) in [7, 11) is 0. The van der Waals surface area contributed by atoms with Crippen molar-refractivity contribution in [1.29, 1.82) is 0 Å². The van der Waals surface area contributed by atoms with E-state index < -0.39 is 5.91 Å². The molecule has 0 bridgehead atoms. The molecule has 0 fully saturated rings. The van der Waals surface area contributed by atoms with E-state index in [-0.39, 0.29) is 4.99 Å². The molecule has 96 valence electrons. The molecule has 2 rings (SSSR count). The zero-order chi connectivity index (χ0) is 14.0. The highest BCUT2D eigenvalue weighted by atomic mass is 35.5. The predicted octanol–water partition coefficient (Wildman–Crippen LogP) is 2.74. The number of carbonyl (C=O) groups excluding carboxylic acids is 1. The summed E-state index contributed by atoms with van der Waals surface area (Å²) in [6.07, 6.45) is 0. The average Bonchev–Trinajstić information content (AvgIpc) is 2.38. The van der Waals surface area contributed by atoms with Crippen molar-refractivity contribution in [2.24, 2.45) is 11.5 Å². The first-order chi connectivity index (χ1) is 8.99. The topological polar surface area (TPSA) is 69.1 Å². The Morgan fingerprint density at radius 3 is 2.21 bits per heavy atom. The van der Waals surface area contributed by atoms with Crippen LogP contribution in [0, 0.1) is 0 Å². The van der Waals surface area contributed by atoms with Gasteiger partial charge in [-0.3, -0.25) is 4.79 Å². The first kappa shape index (κ1) is 13.5. The highest BCUT2D eigenvalue weighted by Crippen LogP contribution is 2.26. The maximum absolute atomic E-state index is 11.5. The number of primary amides is 1. The van der Waals surface area contributed by atoms with Crippen LogP contribution in [0.4, 0.5) is 0 Å². The SMILES string of the molecule is NC(=O)c1ccc(C(N)=S)cc1-c1ccc(Cl)cc1. The molecule has 0 atom stereocenters. The zero-order valence-electron chi connectivity index (χ0n) is 9.89. The van der Waals surface area contributed by atoms with Gasteiger partial charge in [0.05, 0.1) is 0 Å². The number of carbonyl (C=O) groups is 1. The van der Waals surface area contributed by atoms with Gasteiger partial charge in [0.2, 0.25) is 5.91 Å². The van der Waals surface area contributed by atoms with Gasteiger partial charge in [0.25, 0.3) is 0 Å². The number of nitrogens with two attached hydrogens (primary N) is 2. The Kier molecular flexibility index (Phi) is 3.83. The molecular formula is C14H11ClN2OS. The highest BCUT2D eigenvalue weighted by Gasteiger charge is 2.11. The van der Waals surface area contributed by atoms with E-state index in [1.54, 1.807) is 30.3 Å². The minimum Gasteiger partial charge on any atom is -0.389 e. The van der Waals surface area contributed by atoms with Crippen LogP contribution in [0.3, 0.4) is 0 Å². The van der Waals surface area contributed by atoms with Gasteiger partial charge in [-0.1, -0.05) is 42.0 Å². The summed E-state index contributed by atoms with van der Waals surface area (Å²) in [4.78, 5) is 11.7.